The van der Waals surface area contributed by atoms with E-state index in [4.69, 9.17) is 0 Å². The summed E-state index contributed by atoms with van der Waals surface area (Å²) < 4.78 is 0. The van der Waals surface area contributed by atoms with E-state index in [-0.39, 0.29) is 0 Å². The van der Waals surface area contributed by atoms with Gasteiger partial charge >= 0.3 is 0 Å². The fourth-order valence-electron chi connectivity index (χ4n) is 2.61. The van der Waals surface area contributed by atoms with Crippen molar-refractivity contribution < 1.29 is 0 Å². The Balaban J connectivity index is 2.08. The van der Waals surface area contributed by atoms with Crippen LogP contribution >= 0.6 is 0 Å². The first kappa shape index (κ1) is 6.45. The molecule has 2 unspecified atom stereocenters. The SMILES string of the molecule is CC/C=C1\CC2CCC1C2. The standard InChI is InChI=1S/C10H16/c1-2-3-9-6-8-4-5-10(9)7-8/h3,8,10H,2,4-7H2,1H3/b9-3+. The van der Waals surface area contributed by atoms with E-state index in [0.717, 1.165) is 11.8 Å². The smallest absolute Gasteiger partial charge is 0.0200 e. The lowest BCUT2D eigenvalue weighted by atomic mass is 9.94. The first-order chi connectivity index (χ1) is 4.90. The summed E-state index contributed by atoms with van der Waals surface area (Å²) in [5.74, 6) is 2.10. The number of allylic oxidation sites excluding steroid dienone is 2. The maximum Gasteiger partial charge on any atom is -0.0200 e. The Kier molecular flexibility index (Phi) is 1.55. The molecule has 2 aliphatic carbocycles. The molecule has 0 aromatic heterocycles. The summed E-state index contributed by atoms with van der Waals surface area (Å²) in [7, 11) is 0. The molecule has 0 aliphatic heterocycles. The molecule has 56 valence electrons. The van der Waals surface area contributed by atoms with Crippen molar-refractivity contribution in [2.45, 2.75) is 39.0 Å². The molecular weight excluding hydrogens is 120 g/mol. The summed E-state index contributed by atoms with van der Waals surface area (Å²) in [5, 5.41) is 0. The zero-order chi connectivity index (χ0) is 6.97. The number of hydrogen-bond acceptors (Lipinski definition) is 0. The molecule has 2 aliphatic rings. The van der Waals surface area contributed by atoms with Crippen molar-refractivity contribution in [3.05, 3.63) is 11.6 Å². The Hall–Kier alpha value is -0.260. The minimum Gasteiger partial charge on any atom is -0.0853 e. The molecule has 0 heterocycles. The minimum absolute atomic E-state index is 1.02. The molecule has 0 aromatic rings. The average Bonchev–Trinajstić information content (AvgIpc) is 2.48. The molecular formula is C10H16. The van der Waals surface area contributed by atoms with Gasteiger partial charge in [-0.1, -0.05) is 18.6 Å². The van der Waals surface area contributed by atoms with Crippen molar-refractivity contribution in [2.24, 2.45) is 11.8 Å². The second-order valence-electron chi connectivity index (χ2n) is 3.77. The molecule has 0 radical (unpaired) electrons. The van der Waals surface area contributed by atoms with Crippen LogP contribution in [0.3, 0.4) is 0 Å². The molecule has 2 bridgehead atoms. The monoisotopic (exact) mass is 136 g/mol. The Bertz CT molecular complexity index is 155. The Labute approximate surface area is 63.3 Å². The first-order valence-electron chi connectivity index (χ1n) is 4.59. The summed E-state index contributed by atoms with van der Waals surface area (Å²) in [5.41, 5.74) is 1.79. The van der Waals surface area contributed by atoms with Crippen LogP contribution in [0.15, 0.2) is 11.6 Å². The van der Waals surface area contributed by atoms with E-state index < -0.39 is 0 Å². The molecule has 0 N–H and O–H groups in total. The molecule has 0 nitrogen and oxygen atoms in total. The van der Waals surface area contributed by atoms with Crippen LogP contribution in [0, 0.1) is 11.8 Å². The van der Waals surface area contributed by atoms with E-state index in [0.29, 0.717) is 0 Å². The molecule has 2 atom stereocenters. The predicted molar refractivity (Wildman–Crippen MR) is 43.8 cm³/mol. The fraction of sp³-hybridized carbons (Fsp3) is 0.800. The lowest BCUT2D eigenvalue weighted by Gasteiger charge is -2.12. The Morgan fingerprint density at radius 1 is 1.50 bits per heavy atom. The van der Waals surface area contributed by atoms with E-state index in [1.807, 2.05) is 0 Å². The van der Waals surface area contributed by atoms with Crippen molar-refractivity contribution in [2.75, 3.05) is 0 Å². The molecule has 0 spiro atoms. The molecule has 0 amide bonds. The van der Waals surface area contributed by atoms with Crippen LogP contribution < -0.4 is 0 Å². The highest BCUT2D eigenvalue weighted by Gasteiger charge is 2.34. The number of fused-ring (bicyclic) bond motifs is 2. The Morgan fingerprint density at radius 2 is 2.40 bits per heavy atom. The normalized spacial score (nSPS) is 41.5. The van der Waals surface area contributed by atoms with Gasteiger partial charge in [0.05, 0.1) is 0 Å². The van der Waals surface area contributed by atoms with Gasteiger partial charge in [0.15, 0.2) is 0 Å². The van der Waals surface area contributed by atoms with E-state index in [9.17, 15) is 0 Å². The second-order valence-corrected chi connectivity index (χ2v) is 3.77. The zero-order valence-electron chi connectivity index (χ0n) is 6.77. The van der Waals surface area contributed by atoms with Crippen LogP contribution in [0.1, 0.15) is 39.0 Å². The van der Waals surface area contributed by atoms with Gasteiger partial charge in [0, 0.05) is 0 Å². The molecule has 0 heteroatoms. The van der Waals surface area contributed by atoms with E-state index in [2.05, 4.69) is 13.0 Å². The van der Waals surface area contributed by atoms with Crippen LogP contribution in [0.4, 0.5) is 0 Å². The topological polar surface area (TPSA) is 0 Å². The van der Waals surface area contributed by atoms with Crippen LogP contribution in [-0.4, -0.2) is 0 Å². The van der Waals surface area contributed by atoms with Gasteiger partial charge in [-0.2, -0.15) is 0 Å². The van der Waals surface area contributed by atoms with Gasteiger partial charge in [-0.05, 0) is 43.9 Å². The van der Waals surface area contributed by atoms with Crippen molar-refractivity contribution in [3.63, 3.8) is 0 Å². The third-order valence-electron chi connectivity index (χ3n) is 3.06. The summed E-state index contributed by atoms with van der Waals surface area (Å²) in [6.07, 6.45) is 9.69. The van der Waals surface area contributed by atoms with Gasteiger partial charge < -0.3 is 0 Å². The Morgan fingerprint density at radius 3 is 2.90 bits per heavy atom. The highest BCUT2D eigenvalue weighted by atomic mass is 14.4. The fourth-order valence-corrected chi connectivity index (χ4v) is 2.61. The van der Waals surface area contributed by atoms with Crippen LogP contribution in [0.2, 0.25) is 0 Å². The molecule has 0 aromatic carbocycles. The van der Waals surface area contributed by atoms with Crippen molar-refractivity contribution in [1.82, 2.24) is 0 Å². The maximum absolute atomic E-state index is 2.46. The molecule has 10 heavy (non-hydrogen) atoms. The third kappa shape index (κ3) is 0.902. The van der Waals surface area contributed by atoms with Gasteiger partial charge in [0.1, 0.15) is 0 Å². The summed E-state index contributed by atoms with van der Waals surface area (Å²) in [6, 6.07) is 0. The van der Waals surface area contributed by atoms with Crippen molar-refractivity contribution >= 4 is 0 Å². The van der Waals surface area contributed by atoms with Gasteiger partial charge in [-0.15, -0.1) is 0 Å². The molecule has 2 fully saturated rings. The summed E-state index contributed by atoms with van der Waals surface area (Å²) >= 11 is 0. The lowest BCUT2D eigenvalue weighted by molar-refractivity contribution is 0.559. The van der Waals surface area contributed by atoms with Crippen LogP contribution in [0.5, 0.6) is 0 Å². The number of hydrogen-bond donors (Lipinski definition) is 0. The van der Waals surface area contributed by atoms with E-state index >= 15 is 0 Å². The van der Waals surface area contributed by atoms with Gasteiger partial charge in [0.2, 0.25) is 0 Å². The van der Waals surface area contributed by atoms with E-state index in [1.165, 1.54) is 32.1 Å². The van der Waals surface area contributed by atoms with E-state index in [1.54, 1.807) is 5.57 Å². The van der Waals surface area contributed by atoms with Crippen LogP contribution in [-0.2, 0) is 0 Å². The van der Waals surface area contributed by atoms with Crippen molar-refractivity contribution in [3.8, 4) is 0 Å². The second kappa shape index (κ2) is 2.41. The van der Waals surface area contributed by atoms with Crippen molar-refractivity contribution in [1.29, 1.82) is 0 Å². The van der Waals surface area contributed by atoms with Gasteiger partial charge in [-0.3, -0.25) is 0 Å². The maximum atomic E-state index is 2.46. The molecule has 2 rings (SSSR count). The zero-order valence-corrected chi connectivity index (χ0v) is 6.77. The average molecular weight is 136 g/mol. The van der Waals surface area contributed by atoms with Crippen LogP contribution in [0.25, 0.3) is 0 Å². The third-order valence-corrected chi connectivity index (χ3v) is 3.06. The summed E-state index contributed by atoms with van der Waals surface area (Å²) in [4.78, 5) is 0. The quantitative estimate of drug-likeness (QED) is 0.486. The summed E-state index contributed by atoms with van der Waals surface area (Å²) in [6.45, 7) is 2.25. The van der Waals surface area contributed by atoms with Gasteiger partial charge in [-0.25, -0.2) is 0 Å². The highest BCUT2D eigenvalue weighted by molar-refractivity contribution is 5.16. The number of rotatable bonds is 1. The predicted octanol–water partition coefficient (Wildman–Crippen LogP) is 3.14. The van der Waals surface area contributed by atoms with Gasteiger partial charge in [0.25, 0.3) is 0 Å². The minimum atomic E-state index is 1.02. The largest absolute Gasteiger partial charge is 0.0853 e. The lowest BCUT2D eigenvalue weighted by Crippen LogP contribution is -1.97. The molecule has 2 saturated carbocycles. The first-order valence-corrected chi connectivity index (χ1v) is 4.59. The molecule has 0 saturated heterocycles. The highest BCUT2D eigenvalue weighted by Crippen LogP contribution is 2.47.